The summed E-state index contributed by atoms with van der Waals surface area (Å²) < 4.78 is 5.49. The molecule has 5 rings (SSSR count). The van der Waals surface area contributed by atoms with Crippen molar-refractivity contribution in [2.24, 2.45) is 0 Å². The number of carbonyl (C=O) groups is 1. The van der Waals surface area contributed by atoms with Crippen LogP contribution in [0, 0.1) is 0 Å². The molecule has 1 aliphatic heterocycles. The highest BCUT2D eigenvalue weighted by Gasteiger charge is 2.38. The molecule has 0 unspecified atom stereocenters. The first-order valence-electron chi connectivity index (χ1n) is 11.2. The van der Waals surface area contributed by atoms with Crippen molar-refractivity contribution in [1.29, 1.82) is 0 Å². The molecular weight excluding hydrogens is 392 g/mol. The SMILES string of the molecule is CC1(c2noc(-c3cccnc3)n2)CCN(C(=O)c2n[nH]c3c2CCCCCC3)CC1. The van der Waals surface area contributed by atoms with E-state index in [-0.39, 0.29) is 11.3 Å². The summed E-state index contributed by atoms with van der Waals surface area (Å²) in [5.41, 5.74) is 3.50. The lowest BCUT2D eigenvalue weighted by Crippen LogP contribution is -2.44. The third-order valence-corrected chi connectivity index (χ3v) is 6.79. The van der Waals surface area contributed by atoms with Crippen LogP contribution in [-0.4, -0.2) is 49.2 Å². The van der Waals surface area contributed by atoms with Crippen molar-refractivity contribution >= 4 is 5.91 Å². The summed E-state index contributed by atoms with van der Waals surface area (Å²) in [5.74, 6) is 1.23. The van der Waals surface area contributed by atoms with E-state index in [4.69, 9.17) is 4.52 Å². The summed E-state index contributed by atoms with van der Waals surface area (Å²) in [6, 6.07) is 3.76. The zero-order valence-electron chi connectivity index (χ0n) is 17.9. The number of piperidine rings is 1. The van der Waals surface area contributed by atoms with Gasteiger partial charge in [0.1, 0.15) is 0 Å². The molecule has 8 heteroatoms. The summed E-state index contributed by atoms with van der Waals surface area (Å²) >= 11 is 0. The molecule has 0 radical (unpaired) electrons. The van der Waals surface area contributed by atoms with Crippen molar-refractivity contribution in [3.05, 3.63) is 47.3 Å². The Bertz CT molecular complexity index is 1050. The van der Waals surface area contributed by atoms with Crippen molar-refractivity contribution in [3.63, 3.8) is 0 Å². The molecular formula is C23H28N6O2. The molecule has 31 heavy (non-hydrogen) atoms. The molecule has 3 aromatic rings. The van der Waals surface area contributed by atoms with Crippen LogP contribution in [0.3, 0.4) is 0 Å². The van der Waals surface area contributed by atoms with Crippen molar-refractivity contribution in [1.82, 2.24) is 30.2 Å². The lowest BCUT2D eigenvalue weighted by Gasteiger charge is -2.37. The summed E-state index contributed by atoms with van der Waals surface area (Å²) in [5, 5.41) is 11.8. The Hall–Kier alpha value is -3.03. The van der Waals surface area contributed by atoms with Crippen LogP contribution in [0.15, 0.2) is 29.0 Å². The van der Waals surface area contributed by atoms with Gasteiger partial charge in [-0.05, 0) is 50.7 Å². The third-order valence-electron chi connectivity index (χ3n) is 6.79. The minimum Gasteiger partial charge on any atom is -0.337 e. The van der Waals surface area contributed by atoms with Crippen LogP contribution in [0.25, 0.3) is 11.5 Å². The number of nitrogens with one attached hydrogen (secondary N) is 1. The quantitative estimate of drug-likeness (QED) is 0.693. The predicted octanol–water partition coefficient (Wildman–Crippen LogP) is 3.71. The monoisotopic (exact) mass is 420 g/mol. The van der Waals surface area contributed by atoms with Crippen molar-refractivity contribution in [3.8, 4) is 11.5 Å². The highest BCUT2D eigenvalue weighted by molar-refractivity contribution is 5.94. The standard InChI is InChI=1S/C23H28N6O2/c1-23(22-25-20(31-28-22)16-7-6-12-24-15-16)10-13-29(14-11-23)21(30)19-17-8-4-2-3-5-9-18(17)26-27-19/h6-7,12,15H,2-5,8-11,13-14H2,1H3,(H,26,27). The van der Waals surface area contributed by atoms with Gasteiger partial charge in [-0.2, -0.15) is 10.1 Å². The van der Waals surface area contributed by atoms with E-state index in [0.29, 0.717) is 30.5 Å². The maximum absolute atomic E-state index is 13.3. The number of aryl methyl sites for hydroxylation is 1. The van der Waals surface area contributed by atoms with Crippen LogP contribution in [0.5, 0.6) is 0 Å². The fraction of sp³-hybridized carbons (Fsp3) is 0.522. The molecule has 0 bridgehead atoms. The molecule has 1 fully saturated rings. The smallest absolute Gasteiger partial charge is 0.274 e. The number of fused-ring (bicyclic) bond motifs is 1. The minimum absolute atomic E-state index is 0.0456. The number of amides is 1. The molecule has 0 saturated carbocycles. The van der Waals surface area contributed by atoms with Gasteiger partial charge in [-0.15, -0.1) is 0 Å². The van der Waals surface area contributed by atoms with Crippen LogP contribution in [-0.2, 0) is 18.3 Å². The van der Waals surface area contributed by atoms with Crippen LogP contribution in [0.1, 0.15) is 73.0 Å². The highest BCUT2D eigenvalue weighted by Crippen LogP contribution is 2.35. The topological polar surface area (TPSA) is 101 Å². The third kappa shape index (κ3) is 3.86. The fourth-order valence-corrected chi connectivity index (χ4v) is 4.66. The van der Waals surface area contributed by atoms with Crippen molar-refractivity contribution in [2.45, 2.75) is 63.7 Å². The Labute approximate surface area is 181 Å². The maximum Gasteiger partial charge on any atom is 0.274 e. The Morgan fingerprint density at radius 1 is 1.16 bits per heavy atom. The number of hydrogen-bond acceptors (Lipinski definition) is 6. The second kappa shape index (κ2) is 8.24. The van der Waals surface area contributed by atoms with E-state index in [2.05, 4.69) is 32.2 Å². The zero-order valence-corrected chi connectivity index (χ0v) is 17.9. The van der Waals surface area contributed by atoms with E-state index in [9.17, 15) is 4.79 Å². The van der Waals surface area contributed by atoms with Crippen molar-refractivity contribution < 1.29 is 9.32 Å². The van der Waals surface area contributed by atoms with Crippen LogP contribution < -0.4 is 0 Å². The molecule has 0 atom stereocenters. The van der Waals surface area contributed by atoms with Gasteiger partial charge in [-0.1, -0.05) is 24.9 Å². The molecule has 8 nitrogen and oxygen atoms in total. The maximum atomic E-state index is 13.3. The molecule has 1 amide bonds. The van der Waals surface area contributed by atoms with E-state index in [1.807, 2.05) is 17.0 Å². The average Bonchev–Trinajstić information content (AvgIpc) is 3.42. The summed E-state index contributed by atoms with van der Waals surface area (Å²) in [6.07, 6.45) is 11.7. The van der Waals surface area contributed by atoms with E-state index >= 15 is 0 Å². The zero-order chi connectivity index (χ0) is 21.3. The average molecular weight is 421 g/mol. The van der Waals surface area contributed by atoms with Gasteiger partial charge in [-0.25, -0.2) is 0 Å². The summed E-state index contributed by atoms with van der Waals surface area (Å²) in [4.78, 5) is 23.9. The molecule has 1 N–H and O–H groups in total. The van der Waals surface area contributed by atoms with Crippen LogP contribution in [0.4, 0.5) is 0 Å². The lowest BCUT2D eigenvalue weighted by molar-refractivity contribution is 0.0662. The first kappa shape index (κ1) is 19.9. The lowest BCUT2D eigenvalue weighted by atomic mass is 9.79. The van der Waals surface area contributed by atoms with Gasteiger partial charge in [0.25, 0.3) is 11.8 Å². The number of carbonyl (C=O) groups excluding carboxylic acids is 1. The minimum atomic E-state index is -0.221. The van der Waals surface area contributed by atoms with Crippen molar-refractivity contribution in [2.75, 3.05) is 13.1 Å². The number of likely N-dealkylation sites (tertiary alicyclic amines) is 1. The van der Waals surface area contributed by atoms with Gasteiger partial charge in [0.2, 0.25) is 0 Å². The normalized spacial score (nSPS) is 18.8. The highest BCUT2D eigenvalue weighted by atomic mass is 16.5. The second-order valence-electron chi connectivity index (χ2n) is 8.96. The molecule has 3 aromatic heterocycles. The Balaban J connectivity index is 1.28. The number of aromatic amines is 1. The largest absolute Gasteiger partial charge is 0.337 e. The summed E-state index contributed by atoms with van der Waals surface area (Å²) in [6.45, 7) is 3.47. The fourth-order valence-electron chi connectivity index (χ4n) is 4.66. The first-order chi connectivity index (χ1) is 15.1. The predicted molar refractivity (Wildman–Crippen MR) is 114 cm³/mol. The molecule has 1 saturated heterocycles. The molecule has 4 heterocycles. The number of nitrogens with zero attached hydrogens (tertiary/aromatic N) is 5. The number of H-pyrrole nitrogens is 1. The van der Waals surface area contributed by atoms with Gasteiger partial charge in [0, 0.05) is 42.2 Å². The van der Waals surface area contributed by atoms with E-state index in [1.54, 1.807) is 12.4 Å². The second-order valence-corrected chi connectivity index (χ2v) is 8.96. The molecule has 162 valence electrons. The van der Waals surface area contributed by atoms with Crippen LogP contribution >= 0.6 is 0 Å². The molecule has 1 aliphatic carbocycles. The number of hydrogen-bond donors (Lipinski definition) is 1. The Morgan fingerprint density at radius 2 is 1.97 bits per heavy atom. The first-order valence-corrected chi connectivity index (χ1v) is 11.2. The Morgan fingerprint density at radius 3 is 2.74 bits per heavy atom. The van der Waals surface area contributed by atoms with E-state index in [1.165, 1.54) is 12.8 Å². The van der Waals surface area contributed by atoms with Gasteiger partial charge < -0.3 is 9.42 Å². The molecule has 0 spiro atoms. The number of rotatable bonds is 3. The summed E-state index contributed by atoms with van der Waals surface area (Å²) in [7, 11) is 0. The van der Waals surface area contributed by atoms with Gasteiger partial charge in [-0.3, -0.25) is 14.9 Å². The number of aromatic nitrogens is 5. The molecule has 0 aromatic carbocycles. The molecule has 2 aliphatic rings. The van der Waals surface area contributed by atoms with Gasteiger partial charge >= 0.3 is 0 Å². The van der Waals surface area contributed by atoms with E-state index < -0.39 is 0 Å². The Kier molecular flexibility index (Phi) is 5.29. The van der Waals surface area contributed by atoms with Gasteiger partial charge in [0.15, 0.2) is 11.5 Å². The van der Waals surface area contributed by atoms with E-state index in [0.717, 1.165) is 55.3 Å². The van der Waals surface area contributed by atoms with Crippen LogP contribution in [0.2, 0.25) is 0 Å². The number of pyridine rings is 1. The van der Waals surface area contributed by atoms with Gasteiger partial charge in [0.05, 0.1) is 5.56 Å².